The van der Waals surface area contributed by atoms with Crippen molar-refractivity contribution < 1.29 is 5.11 Å². The Morgan fingerprint density at radius 2 is 1.41 bits per heavy atom. The summed E-state index contributed by atoms with van der Waals surface area (Å²) >= 11 is 5.94. The van der Waals surface area contributed by atoms with Gasteiger partial charge in [-0.2, -0.15) is 0 Å². The van der Waals surface area contributed by atoms with Crippen LogP contribution >= 0.6 is 11.6 Å². The fraction of sp³-hybridized carbons (Fsp3) is 0.136. The number of nitrogens with one attached hydrogen (secondary N) is 1. The van der Waals surface area contributed by atoms with Crippen LogP contribution in [-0.4, -0.2) is 14.2 Å². The third-order valence-corrected chi connectivity index (χ3v) is 5.02. The van der Waals surface area contributed by atoms with Crippen molar-refractivity contribution in [2.45, 2.75) is 19.2 Å². The molecule has 4 aromatic rings. The molecule has 0 bridgehead atoms. The van der Waals surface area contributed by atoms with Gasteiger partial charge in [-0.25, -0.2) is 0 Å². The molecular weight excluding hydrogens is 358 g/mol. The first kappa shape index (κ1) is 17.6. The minimum atomic E-state index is -0.715. The standard InChI is InChI=1S/C22H20ClN3O/c23-18-12-10-17(11-13-18)21(27)15-26-20-9-5-4-8-19(20)25(22(26)24)14-16-6-2-1-3-7-16/h1-13,21,24,27H,14-15H2. The number of nitrogens with zero attached hydrogens (tertiary/aromatic N) is 2. The number of halogens is 1. The van der Waals surface area contributed by atoms with Crippen molar-refractivity contribution in [3.05, 3.63) is 101 Å². The molecule has 4 nitrogen and oxygen atoms in total. The molecule has 0 radical (unpaired) electrons. The minimum absolute atomic E-state index is 0.308. The molecule has 0 saturated heterocycles. The number of rotatable bonds is 5. The minimum Gasteiger partial charge on any atom is -0.387 e. The highest BCUT2D eigenvalue weighted by Gasteiger charge is 2.15. The zero-order valence-corrected chi connectivity index (χ0v) is 15.5. The van der Waals surface area contributed by atoms with Gasteiger partial charge < -0.3 is 14.2 Å². The number of aromatic nitrogens is 2. The summed E-state index contributed by atoms with van der Waals surface area (Å²) in [6.07, 6.45) is -0.715. The van der Waals surface area contributed by atoms with Gasteiger partial charge in [-0.05, 0) is 35.4 Å². The van der Waals surface area contributed by atoms with Crippen molar-refractivity contribution in [1.82, 2.24) is 9.13 Å². The molecule has 2 N–H and O–H groups in total. The zero-order valence-electron chi connectivity index (χ0n) is 14.7. The van der Waals surface area contributed by atoms with Gasteiger partial charge >= 0.3 is 0 Å². The molecule has 1 heterocycles. The highest BCUT2D eigenvalue weighted by Crippen LogP contribution is 2.21. The lowest BCUT2D eigenvalue weighted by Gasteiger charge is -2.13. The molecule has 1 atom stereocenters. The molecule has 0 spiro atoms. The molecule has 0 aliphatic rings. The van der Waals surface area contributed by atoms with Crippen molar-refractivity contribution in [2.24, 2.45) is 0 Å². The van der Waals surface area contributed by atoms with Gasteiger partial charge in [-0.3, -0.25) is 5.41 Å². The maximum Gasteiger partial charge on any atom is 0.203 e. The molecule has 0 aliphatic heterocycles. The zero-order chi connectivity index (χ0) is 18.8. The fourth-order valence-corrected chi connectivity index (χ4v) is 3.49. The summed E-state index contributed by atoms with van der Waals surface area (Å²) in [7, 11) is 0. The van der Waals surface area contributed by atoms with Gasteiger partial charge in [0.05, 0.1) is 30.2 Å². The average Bonchev–Trinajstić information content (AvgIpc) is 2.95. The molecule has 4 rings (SSSR count). The van der Waals surface area contributed by atoms with Gasteiger partial charge in [0.2, 0.25) is 5.62 Å². The molecule has 0 aliphatic carbocycles. The van der Waals surface area contributed by atoms with Crippen LogP contribution in [0, 0.1) is 5.41 Å². The first-order valence-corrected chi connectivity index (χ1v) is 9.21. The molecule has 1 aromatic heterocycles. The Kier molecular flexibility index (Phi) is 4.84. The van der Waals surface area contributed by atoms with Crippen LogP contribution < -0.4 is 5.62 Å². The van der Waals surface area contributed by atoms with E-state index in [9.17, 15) is 5.11 Å². The van der Waals surface area contributed by atoms with E-state index in [1.54, 1.807) is 12.1 Å². The Bertz CT molecular complexity index is 1110. The molecule has 27 heavy (non-hydrogen) atoms. The maximum absolute atomic E-state index is 10.7. The summed E-state index contributed by atoms with van der Waals surface area (Å²) in [5.41, 5.74) is 4.21. The number of para-hydroxylation sites is 2. The van der Waals surface area contributed by atoms with Gasteiger partial charge in [-0.1, -0.05) is 66.2 Å². The quantitative estimate of drug-likeness (QED) is 0.533. The number of aliphatic hydroxyl groups excluding tert-OH is 1. The normalized spacial score (nSPS) is 12.4. The second-order valence-corrected chi connectivity index (χ2v) is 7.00. The predicted octanol–water partition coefficient (Wildman–Crippen LogP) is 4.36. The van der Waals surface area contributed by atoms with Crippen molar-refractivity contribution in [3.8, 4) is 0 Å². The molecule has 0 saturated carbocycles. The summed E-state index contributed by atoms with van der Waals surface area (Å²) in [4.78, 5) is 0. The van der Waals surface area contributed by atoms with Crippen LogP contribution in [0.25, 0.3) is 11.0 Å². The summed E-state index contributed by atoms with van der Waals surface area (Å²) in [5, 5.41) is 20.0. The molecule has 5 heteroatoms. The Labute approximate surface area is 162 Å². The number of hydrogen-bond acceptors (Lipinski definition) is 2. The monoisotopic (exact) mass is 377 g/mol. The second kappa shape index (κ2) is 7.43. The number of hydrogen-bond donors (Lipinski definition) is 2. The highest BCUT2D eigenvalue weighted by molar-refractivity contribution is 6.30. The van der Waals surface area contributed by atoms with E-state index in [1.165, 1.54) is 0 Å². The van der Waals surface area contributed by atoms with Gasteiger partial charge in [-0.15, -0.1) is 0 Å². The van der Waals surface area contributed by atoms with Crippen LogP contribution in [0.2, 0.25) is 5.02 Å². The summed E-state index contributed by atoms with van der Waals surface area (Å²) < 4.78 is 3.83. The van der Waals surface area contributed by atoms with Gasteiger partial charge in [0.1, 0.15) is 0 Å². The van der Waals surface area contributed by atoms with E-state index in [-0.39, 0.29) is 0 Å². The number of benzene rings is 3. The Morgan fingerprint density at radius 1 is 0.815 bits per heavy atom. The largest absolute Gasteiger partial charge is 0.387 e. The van der Waals surface area contributed by atoms with Crippen LogP contribution in [0.3, 0.4) is 0 Å². The van der Waals surface area contributed by atoms with Gasteiger partial charge in [0.25, 0.3) is 0 Å². The van der Waals surface area contributed by atoms with Crippen molar-refractivity contribution in [2.75, 3.05) is 0 Å². The number of fused-ring (bicyclic) bond motifs is 1. The smallest absolute Gasteiger partial charge is 0.203 e. The second-order valence-electron chi connectivity index (χ2n) is 6.56. The molecule has 3 aromatic carbocycles. The molecule has 0 amide bonds. The van der Waals surface area contributed by atoms with Crippen LogP contribution in [0.5, 0.6) is 0 Å². The van der Waals surface area contributed by atoms with Crippen LogP contribution in [-0.2, 0) is 13.1 Å². The molecule has 1 unspecified atom stereocenters. The highest BCUT2D eigenvalue weighted by atomic mass is 35.5. The van der Waals surface area contributed by atoms with E-state index in [2.05, 4.69) is 12.1 Å². The van der Waals surface area contributed by atoms with Crippen LogP contribution in [0.15, 0.2) is 78.9 Å². The third-order valence-electron chi connectivity index (χ3n) is 4.77. The van der Waals surface area contributed by atoms with Crippen molar-refractivity contribution in [3.63, 3.8) is 0 Å². The molecular formula is C22H20ClN3O. The average molecular weight is 378 g/mol. The summed E-state index contributed by atoms with van der Waals surface area (Å²) in [5.74, 6) is 0. The van der Waals surface area contributed by atoms with Crippen molar-refractivity contribution in [1.29, 1.82) is 5.41 Å². The van der Waals surface area contributed by atoms with E-state index in [0.717, 1.165) is 22.2 Å². The predicted molar refractivity (Wildman–Crippen MR) is 108 cm³/mol. The SMILES string of the molecule is N=c1n(Cc2ccccc2)c2ccccc2n1CC(O)c1ccc(Cl)cc1. The van der Waals surface area contributed by atoms with Crippen LogP contribution in [0.1, 0.15) is 17.2 Å². The first-order valence-electron chi connectivity index (χ1n) is 8.83. The van der Waals surface area contributed by atoms with Gasteiger partial charge in [0, 0.05) is 5.02 Å². The van der Waals surface area contributed by atoms with E-state index in [1.807, 2.05) is 63.7 Å². The summed E-state index contributed by atoms with van der Waals surface area (Å²) in [6.45, 7) is 0.924. The topological polar surface area (TPSA) is 53.9 Å². The Balaban J connectivity index is 1.73. The van der Waals surface area contributed by atoms with Crippen LogP contribution in [0.4, 0.5) is 0 Å². The van der Waals surface area contributed by atoms with E-state index >= 15 is 0 Å². The lowest BCUT2D eigenvalue weighted by Crippen LogP contribution is -2.27. The van der Waals surface area contributed by atoms with Gasteiger partial charge in [0.15, 0.2) is 0 Å². The lowest BCUT2D eigenvalue weighted by atomic mass is 10.1. The fourth-order valence-electron chi connectivity index (χ4n) is 3.37. The van der Waals surface area contributed by atoms with E-state index < -0.39 is 6.10 Å². The lowest BCUT2D eigenvalue weighted by molar-refractivity contribution is 0.155. The number of aliphatic hydroxyl groups is 1. The Morgan fingerprint density at radius 3 is 2.07 bits per heavy atom. The Hall–Kier alpha value is -2.82. The molecule has 0 fully saturated rings. The third kappa shape index (κ3) is 3.54. The summed E-state index contributed by atoms with van der Waals surface area (Å²) in [6, 6.07) is 25.2. The molecule has 136 valence electrons. The maximum atomic E-state index is 10.7. The van der Waals surface area contributed by atoms with E-state index in [4.69, 9.17) is 17.0 Å². The number of imidazole rings is 1. The first-order chi connectivity index (χ1) is 13.1. The van der Waals surface area contributed by atoms with Crippen molar-refractivity contribution >= 4 is 22.6 Å². The van der Waals surface area contributed by atoms with E-state index in [0.29, 0.717) is 23.7 Å².